The number of halogens is 1. The predicted molar refractivity (Wildman–Crippen MR) is 73.9 cm³/mol. The van der Waals surface area contributed by atoms with Gasteiger partial charge < -0.3 is 19.9 Å². The lowest BCUT2D eigenvalue weighted by molar-refractivity contribution is 0.159. The summed E-state index contributed by atoms with van der Waals surface area (Å²) in [6.07, 6.45) is 0.418. The van der Waals surface area contributed by atoms with Crippen molar-refractivity contribution in [1.29, 1.82) is 0 Å². The van der Waals surface area contributed by atoms with Crippen LogP contribution in [0.5, 0.6) is 17.2 Å². The van der Waals surface area contributed by atoms with Crippen molar-refractivity contribution in [3.8, 4) is 17.2 Å². The molecule has 0 aromatic heterocycles. The molecule has 2 aromatic carbocycles. The zero-order chi connectivity index (χ0) is 14.4. The number of fused-ring (bicyclic) bond motifs is 2. The largest absolute Gasteiger partial charge is 0.485 e. The molecule has 0 fully saturated rings. The van der Waals surface area contributed by atoms with Gasteiger partial charge in [-0.15, -0.1) is 0 Å². The normalized spacial score (nSPS) is 22.6. The third-order valence-electron chi connectivity index (χ3n) is 3.88. The quantitative estimate of drug-likeness (QED) is 0.875. The van der Waals surface area contributed by atoms with Gasteiger partial charge in [-0.1, -0.05) is 12.1 Å². The molecule has 21 heavy (non-hydrogen) atoms. The zero-order valence-corrected chi connectivity index (χ0v) is 11.2. The number of benzene rings is 2. The summed E-state index contributed by atoms with van der Waals surface area (Å²) in [7, 11) is 0. The summed E-state index contributed by atoms with van der Waals surface area (Å²) in [5.41, 5.74) is 7.97. The molecule has 0 radical (unpaired) electrons. The molecule has 2 aliphatic rings. The fourth-order valence-corrected chi connectivity index (χ4v) is 2.79. The maximum atomic E-state index is 13.4. The monoisotopic (exact) mass is 287 g/mol. The first-order valence-corrected chi connectivity index (χ1v) is 6.82. The molecule has 2 unspecified atom stereocenters. The van der Waals surface area contributed by atoms with Crippen LogP contribution in [-0.4, -0.2) is 6.79 Å². The number of nitrogens with two attached hydrogens (primary N) is 1. The Labute approximate surface area is 121 Å². The van der Waals surface area contributed by atoms with E-state index in [2.05, 4.69) is 0 Å². The molecule has 0 aliphatic carbocycles. The van der Waals surface area contributed by atoms with Crippen molar-refractivity contribution in [2.24, 2.45) is 5.73 Å². The Kier molecular flexibility index (Phi) is 2.75. The SMILES string of the molecule is NC1CC(c2ccc3c(c2)OCO3)Oc2cc(F)ccc21. The van der Waals surface area contributed by atoms with E-state index < -0.39 is 0 Å². The predicted octanol–water partition coefficient (Wildman–Crippen LogP) is 3.08. The Hall–Kier alpha value is -2.27. The van der Waals surface area contributed by atoms with Gasteiger partial charge in [0, 0.05) is 24.1 Å². The van der Waals surface area contributed by atoms with Crippen molar-refractivity contribution in [1.82, 2.24) is 0 Å². The first-order chi connectivity index (χ1) is 10.2. The highest BCUT2D eigenvalue weighted by atomic mass is 19.1. The Morgan fingerprint density at radius 3 is 2.76 bits per heavy atom. The van der Waals surface area contributed by atoms with Crippen LogP contribution < -0.4 is 19.9 Å². The van der Waals surface area contributed by atoms with E-state index in [0.717, 1.165) is 16.9 Å². The molecule has 0 saturated heterocycles. The molecule has 2 aliphatic heterocycles. The molecule has 4 rings (SSSR count). The van der Waals surface area contributed by atoms with Gasteiger partial charge in [0.25, 0.3) is 0 Å². The Morgan fingerprint density at radius 1 is 1.00 bits per heavy atom. The van der Waals surface area contributed by atoms with E-state index in [0.29, 0.717) is 17.9 Å². The van der Waals surface area contributed by atoms with E-state index in [-0.39, 0.29) is 24.8 Å². The average molecular weight is 287 g/mol. The summed E-state index contributed by atoms with van der Waals surface area (Å²) in [6, 6.07) is 9.97. The maximum absolute atomic E-state index is 13.4. The minimum absolute atomic E-state index is 0.176. The third-order valence-corrected chi connectivity index (χ3v) is 3.88. The Balaban J connectivity index is 1.68. The Morgan fingerprint density at radius 2 is 1.86 bits per heavy atom. The first-order valence-electron chi connectivity index (χ1n) is 6.82. The fourth-order valence-electron chi connectivity index (χ4n) is 2.79. The van der Waals surface area contributed by atoms with Crippen LogP contribution in [0, 0.1) is 5.82 Å². The third kappa shape index (κ3) is 2.10. The first kappa shape index (κ1) is 12.5. The Bertz CT molecular complexity index is 704. The van der Waals surface area contributed by atoms with Crippen LogP contribution in [0.4, 0.5) is 4.39 Å². The van der Waals surface area contributed by atoms with Crippen LogP contribution in [0.3, 0.4) is 0 Å². The van der Waals surface area contributed by atoms with E-state index in [1.165, 1.54) is 12.1 Å². The maximum Gasteiger partial charge on any atom is 0.231 e. The van der Waals surface area contributed by atoms with E-state index in [4.69, 9.17) is 19.9 Å². The van der Waals surface area contributed by atoms with Crippen molar-refractivity contribution in [3.63, 3.8) is 0 Å². The number of hydrogen-bond acceptors (Lipinski definition) is 4. The highest BCUT2D eigenvalue weighted by Crippen LogP contribution is 2.42. The number of ether oxygens (including phenoxy) is 3. The van der Waals surface area contributed by atoms with Crippen molar-refractivity contribution < 1.29 is 18.6 Å². The van der Waals surface area contributed by atoms with Crippen molar-refractivity contribution >= 4 is 0 Å². The summed E-state index contributed by atoms with van der Waals surface area (Å²) in [4.78, 5) is 0. The van der Waals surface area contributed by atoms with Gasteiger partial charge in [0.05, 0.1) is 0 Å². The van der Waals surface area contributed by atoms with Gasteiger partial charge in [-0.2, -0.15) is 0 Å². The van der Waals surface area contributed by atoms with Crippen LogP contribution in [0.1, 0.15) is 29.7 Å². The van der Waals surface area contributed by atoms with Gasteiger partial charge in [0.1, 0.15) is 17.7 Å². The molecule has 0 amide bonds. The molecule has 2 heterocycles. The van der Waals surface area contributed by atoms with Gasteiger partial charge in [-0.3, -0.25) is 0 Å². The fraction of sp³-hybridized carbons (Fsp3) is 0.250. The summed E-state index contributed by atoms with van der Waals surface area (Å²) in [6.45, 7) is 0.234. The standard InChI is InChI=1S/C16H14FNO3/c17-10-2-3-11-12(18)7-14(21-15(11)6-10)9-1-4-13-16(5-9)20-8-19-13/h1-6,12,14H,7-8,18H2. The minimum Gasteiger partial charge on any atom is -0.485 e. The van der Waals surface area contributed by atoms with Crippen molar-refractivity contribution in [2.75, 3.05) is 6.79 Å². The average Bonchev–Trinajstić information content (AvgIpc) is 2.94. The minimum atomic E-state index is -0.327. The summed E-state index contributed by atoms with van der Waals surface area (Å²) in [5.74, 6) is 1.61. The molecule has 5 heteroatoms. The van der Waals surface area contributed by atoms with Crippen LogP contribution >= 0.6 is 0 Å². The molecular formula is C16H14FNO3. The highest BCUT2D eigenvalue weighted by Gasteiger charge is 2.28. The summed E-state index contributed by atoms with van der Waals surface area (Å²) < 4.78 is 30.0. The van der Waals surface area contributed by atoms with Crippen LogP contribution in [0.15, 0.2) is 36.4 Å². The van der Waals surface area contributed by atoms with Crippen LogP contribution in [-0.2, 0) is 0 Å². The van der Waals surface area contributed by atoms with Crippen LogP contribution in [0.25, 0.3) is 0 Å². The van der Waals surface area contributed by atoms with Gasteiger partial charge in [0.15, 0.2) is 11.5 Å². The molecule has 2 aromatic rings. The topological polar surface area (TPSA) is 53.7 Å². The van der Waals surface area contributed by atoms with Gasteiger partial charge >= 0.3 is 0 Å². The number of rotatable bonds is 1. The smallest absolute Gasteiger partial charge is 0.231 e. The van der Waals surface area contributed by atoms with E-state index >= 15 is 0 Å². The number of hydrogen-bond donors (Lipinski definition) is 1. The second-order valence-electron chi connectivity index (χ2n) is 5.24. The highest BCUT2D eigenvalue weighted by molar-refractivity contribution is 5.46. The molecule has 2 N–H and O–H groups in total. The van der Waals surface area contributed by atoms with Gasteiger partial charge in [-0.25, -0.2) is 4.39 Å². The molecule has 0 bridgehead atoms. The lowest BCUT2D eigenvalue weighted by Crippen LogP contribution is -2.24. The molecule has 2 atom stereocenters. The zero-order valence-electron chi connectivity index (χ0n) is 11.2. The molecular weight excluding hydrogens is 273 g/mol. The van der Waals surface area contributed by atoms with Gasteiger partial charge in [0.2, 0.25) is 6.79 Å². The molecule has 0 saturated carbocycles. The lowest BCUT2D eigenvalue weighted by atomic mass is 9.93. The molecule has 0 spiro atoms. The second-order valence-corrected chi connectivity index (χ2v) is 5.24. The van der Waals surface area contributed by atoms with Crippen LogP contribution in [0.2, 0.25) is 0 Å². The van der Waals surface area contributed by atoms with E-state index in [1.54, 1.807) is 6.07 Å². The summed E-state index contributed by atoms with van der Waals surface area (Å²) in [5, 5.41) is 0. The van der Waals surface area contributed by atoms with Gasteiger partial charge in [-0.05, 0) is 23.8 Å². The van der Waals surface area contributed by atoms with Crippen molar-refractivity contribution in [2.45, 2.75) is 18.6 Å². The second kappa shape index (κ2) is 4.63. The van der Waals surface area contributed by atoms with E-state index in [9.17, 15) is 4.39 Å². The molecule has 4 nitrogen and oxygen atoms in total. The summed E-state index contributed by atoms with van der Waals surface area (Å²) >= 11 is 0. The van der Waals surface area contributed by atoms with Crippen molar-refractivity contribution in [3.05, 3.63) is 53.3 Å². The molecule has 108 valence electrons. The van der Waals surface area contributed by atoms with E-state index in [1.807, 2.05) is 18.2 Å². The lowest BCUT2D eigenvalue weighted by Gasteiger charge is -2.30.